The predicted molar refractivity (Wildman–Crippen MR) is 99.4 cm³/mol. The summed E-state index contributed by atoms with van der Waals surface area (Å²) < 4.78 is 37.4. The molecule has 1 aliphatic heterocycles. The number of aliphatic imine (C=N–C) groups is 1. The van der Waals surface area contributed by atoms with Crippen LogP contribution in [0.1, 0.15) is 25.8 Å². The van der Waals surface area contributed by atoms with Gasteiger partial charge in [-0.2, -0.15) is 13.2 Å². The van der Waals surface area contributed by atoms with Crippen molar-refractivity contribution in [2.45, 2.75) is 31.9 Å². The van der Waals surface area contributed by atoms with E-state index in [1.54, 1.807) is 7.05 Å². The fraction of sp³-hybridized carbons (Fsp3) is 0.632. The van der Waals surface area contributed by atoms with Gasteiger partial charge in [-0.05, 0) is 24.4 Å². The first-order chi connectivity index (χ1) is 12.2. The molecule has 26 heavy (non-hydrogen) atoms. The quantitative estimate of drug-likeness (QED) is 0.597. The highest BCUT2D eigenvalue weighted by atomic mass is 19.4. The normalized spacial score (nSPS) is 19.6. The van der Waals surface area contributed by atoms with Gasteiger partial charge in [0.2, 0.25) is 0 Å². The Morgan fingerprint density at radius 1 is 1.19 bits per heavy atom. The fourth-order valence-corrected chi connectivity index (χ4v) is 3.23. The number of halogens is 3. The number of hydrogen-bond donors (Lipinski definition) is 2. The molecule has 0 saturated carbocycles. The maximum absolute atomic E-state index is 12.5. The van der Waals surface area contributed by atoms with Gasteiger partial charge in [-0.15, -0.1) is 0 Å². The Morgan fingerprint density at radius 2 is 1.88 bits per heavy atom. The van der Waals surface area contributed by atoms with Gasteiger partial charge >= 0.3 is 6.18 Å². The number of benzene rings is 1. The van der Waals surface area contributed by atoms with Crippen LogP contribution in [0.25, 0.3) is 0 Å². The molecule has 1 unspecified atom stereocenters. The molecule has 2 rings (SSSR count). The van der Waals surface area contributed by atoms with Crippen LogP contribution in [0.4, 0.5) is 13.2 Å². The molecular formula is C19H29F3N4. The minimum atomic E-state index is -4.12. The molecule has 0 bridgehead atoms. The Kier molecular flexibility index (Phi) is 6.92. The van der Waals surface area contributed by atoms with Gasteiger partial charge in [-0.25, -0.2) is 0 Å². The number of likely N-dealkylation sites (tertiary alicyclic amines) is 1. The van der Waals surface area contributed by atoms with Crippen LogP contribution >= 0.6 is 0 Å². The fourth-order valence-electron chi connectivity index (χ4n) is 3.23. The van der Waals surface area contributed by atoms with Gasteiger partial charge in [0.15, 0.2) is 5.96 Å². The van der Waals surface area contributed by atoms with Crippen LogP contribution in [-0.2, 0) is 5.41 Å². The van der Waals surface area contributed by atoms with Crippen molar-refractivity contribution in [1.29, 1.82) is 0 Å². The molecule has 0 spiro atoms. The van der Waals surface area contributed by atoms with Crippen molar-refractivity contribution in [3.05, 3.63) is 35.9 Å². The Bertz CT molecular complexity index is 584. The number of nitrogens with one attached hydrogen (secondary N) is 2. The van der Waals surface area contributed by atoms with E-state index < -0.39 is 12.7 Å². The third kappa shape index (κ3) is 6.52. The van der Waals surface area contributed by atoms with Crippen LogP contribution in [-0.4, -0.2) is 56.8 Å². The Balaban J connectivity index is 1.77. The summed E-state index contributed by atoms with van der Waals surface area (Å²) in [7, 11) is 1.70. The SMILES string of the molecule is CN=C(NCC1CCN(CC(F)(F)F)C1)NCC(C)(C)c1ccccc1. The summed E-state index contributed by atoms with van der Waals surface area (Å²) in [6, 6.07) is 10.3. The third-order valence-corrected chi connectivity index (χ3v) is 4.81. The molecule has 1 aromatic carbocycles. The minimum Gasteiger partial charge on any atom is -0.356 e. The van der Waals surface area contributed by atoms with Gasteiger partial charge in [0.05, 0.1) is 6.54 Å². The molecule has 1 saturated heterocycles. The molecule has 146 valence electrons. The number of rotatable bonds is 6. The lowest BCUT2D eigenvalue weighted by Gasteiger charge is -2.27. The van der Waals surface area contributed by atoms with Crippen molar-refractivity contribution in [2.24, 2.45) is 10.9 Å². The van der Waals surface area contributed by atoms with E-state index in [4.69, 9.17) is 0 Å². The van der Waals surface area contributed by atoms with Crippen molar-refractivity contribution in [3.8, 4) is 0 Å². The van der Waals surface area contributed by atoms with E-state index in [0.717, 1.165) is 6.42 Å². The van der Waals surface area contributed by atoms with Crippen LogP contribution < -0.4 is 10.6 Å². The van der Waals surface area contributed by atoms with Crippen LogP contribution in [0.3, 0.4) is 0 Å². The topological polar surface area (TPSA) is 39.7 Å². The predicted octanol–water partition coefficient (Wildman–Crippen LogP) is 3.01. The van der Waals surface area contributed by atoms with E-state index >= 15 is 0 Å². The summed E-state index contributed by atoms with van der Waals surface area (Å²) in [5, 5.41) is 6.58. The Morgan fingerprint density at radius 3 is 2.50 bits per heavy atom. The lowest BCUT2D eigenvalue weighted by atomic mass is 9.85. The lowest BCUT2D eigenvalue weighted by Crippen LogP contribution is -2.45. The van der Waals surface area contributed by atoms with Gasteiger partial charge in [0.1, 0.15) is 0 Å². The number of nitrogens with zero attached hydrogens (tertiary/aromatic N) is 2. The summed E-state index contributed by atoms with van der Waals surface area (Å²) in [4.78, 5) is 5.70. The molecule has 2 N–H and O–H groups in total. The summed E-state index contributed by atoms with van der Waals surface area (Å²) in [6.07, 6.45) is -3.35. The highest BCUT2D eigenvalue weighted by Gasteiger charge is 2.34. The third-order valence-electron chi connectivity index (χ3n) is 4.81. The summed E-state index contributed by atoms with van der Waals surface area (Å²) in [5.74, 6) is 0.890. The second-order valence-corrected chi connectivity index (χ2v) is 7.56. The van der Waals surface area contributed by atoms with Crippen molar-refractivity contribution in [1.82, 2.24) is 15.5 Å². The van der Waals surface area contributed by atoms with E-state index in [2.05, 4.69) is 41.6 Å². The van der Waals surface area contributed by atoms with Crippen LogP contribution in [0, 0.1) is 5.92 Å². The summed E-state index contributed by atoms with van der Waals surface area (Å²) >= 11 is 0. The molecule has 1 heterocycles. The average Bonchev–Trinajstić information content (AvgIpc) is 3.01. The number of hydrogen-bond acceptors (Lipinski definition) is 2. The van der Waals surface area contributed by atoms with E-state index in [1.807, 2.05) is 18.2 Å². The van der Waals surface area contributed by atoms with Gasteiger partial charge in [-0.3, -0.25) is 9.89 Å². The van der Waals surface area contributed by atoms with Crippen LogP contribution in [0.2, 0.25) is 0 Å². The molecule has 1 aliphatic rings. The molecular weight excluding hydrogens is 341 g/mol. The molecule has 1 aromatic rings. The molecule has 1 atom stereocenters. The van der Waals surface area contributed by atoms with Gasteiger partial charge < -0.3 is 10.6 Å². The second kappa shape index (κ2) is 8.75. The zero-order valence-electron chi connectivity index (χ0n) is 15.7. The maximum Gasteiger partial charge on any atom is 0.401 e. The smallest absolute Gasteiger partial charge is 0.356 e. The minimum absolute atomic E-state index is 0.0598. The van der Waals surface area contributed by atoms with Crippen LogP contribution in [0.15, 0.2) is 35.3 Å². The molecule has 1 fully saturated rings. The molecule has 0 amide bonds. The summed E-state index contributed by atoms with van der Waals surface area (Å²) in [5.41, 5.74) is 1.18. The van der Waals surface area contributed by atoms with Gasteiger partial charge in [-0.1, -0.05) is 44.2 Å². The van der Waals surface area contributed by atoms with E-state index in [0.29, 0.717) is 32.1 Å². The first kappa shape index (κ1) is 20.6. The number of guanidine groups is 1. The van der Waals surface area contributed by atoms with E-state index in [9.17, 15) is 13.2 Å². The molecule has 0 aromatic heterocycles. The van der Waals surface area contributed by atoms with E-state index in [1.165, 1.54) is 10.5 Å². The first-order valence-corrected chi connectivity index (χ1v) is 8.99. The monoisotopic (exact) mass is 370 g/mol. The highest BCUT2D eigenvalue weighted by molar-refractivity contribution is 5.79. The van der Waals surface area contributed by atoms with E-state index in [-0.39, 0.29) is 11.3 Å². The van der Waals surface area contributed by atoms with Crippen molar-refractivity contribution < 1.29 is 13.2 Å². The van der Waals surface area contributed by atoms with Gasteiger partial charge in [0.25, 0.3) is 0 Å². The zero-order valence-corrected chi connectivity index (χ0v) is 15.7. The van der Waals surface area contributed by atoms with Crippen molar-refractivity contribution in [3.63, 3.8) is 0 Å². The highest BCUT2D eigenvalue weighted by Crippen LogP contribution is 2.23. The summed E-state index contributed by atoms with van der Waals surface area (Å²) in [6.45, 7) is 5.81. The maximum atomic E-state index is 12.5. The standard InChI is InChI=1S/C19H29F3N4/c1-18(2,16-7-5-4-6-8-16)13-25-17(23-3)24-11-15-9-10-26(12-15)14-19(20,21)22/h4-8,15H,9-14H2,1-3H3,(H2,23,24,25). The van der Waals surface area contributed by atoms with Crippen LogP contribution in [0.5, 0.6) is 0 Å². The first-order valence-electron chi connectivity index (χ1n) is 8.99. The van der Waals surface area contributed by atoms with Crippen molar-refractivity contribution >= 4 is 5.96 Å². The molecule has 0 aliphatic carbocycles. The number of alkyl halides is 3. The zero-order chi connectivity index (χ0) is 19.2. The largest absolute Gasteiger partial charge is 0.401 e. The van der Waals surface area contributed by atoms with Gasteiger partial charge in [0, 0.05) is 32.1 Å². The molecule has 0 radical (unpaired) electrons. The Hall–Kier alpha value is -1.76. The lowest BCUT2D eigenvalue weighted by molar-refractivity contribution is -0.143. The molecule has 4 nitrogen and oxygen atoms in total. The van der Waals surface area contributed by atoms with Crippen molar-refractivity contribution in [2.75, 3.05) is 39.8 Å². The Labute approximate surface area is 153 Å². The average molecular weight is 370 g/mol. The molecule has 7 heteroatoms. The second-order valence-electron chi connectivity index (χ2n) is 7.56.